The van der Waals surface area contributed by atoms with Crippen molar-refractivity contribution in [2.45, 2.75) is 32.6 Å². The lowest BCUT2D eigenvalue weighted by Crippen LogP contribution is -2.36. The van der Waals surface area contributed by atoms with E-state index in [1.54, 1.807) is 0 Å². The molecule has 86 valence electrons. The van der Waals surface area contributed by atoms with Crippen LogP contribution < -0.4 is 0 Å². The Kier molecular flexibility index (Phi) is 3.60. The first-order valence-electron chi connectivity index (χ1n) is 6.09. The van der Waals surface area contributed by atoms with Crippen molar-refractivity contribution in [2.75, 3.05) is 13.1 Å². The van der Waals surface area contributed by atoms with Crippen LogP contribution in [0.3, 0.4) is 0 Å². The third-order valence-corrected chi connectivity index (χ3v) is 3.18. The lowest BCUT2D eigenvalue weighted by atomic mass is 10.1. The Hall–Kier alpha value is -1.31. The Morgan fingerprint density at radius 1 is 1.12 bits per heavy atom. The van der Waals surface area contributed by atoms with Crippen LogP contribution in [0.25, 0.3) is 0 Å². The SMILES string of the molecule is Cc1ccc(CC(=O)N2CCCCC2)cc1. The highest BCUT2D eigenvalue weighted by Gasteiger charge is 2.16. The van der Waals surface area contributed by atoms with Gasteiger partial charge in [-0.25, -0.2) is 0 Å². The molecule has 2 rings (SSSR count). The van der Waals surface area contributed by atoms with E-state index in [0.717, 1.165) is 18.7 Å². The fourth-order valence-electron chi connectivity index (χ4n) is 2.14. The minimum atomic E-state index is 0.281. The maximum absolute atomic E-state index is 12.0. The summed E-state index contributed by atoms with van der Waals surface area (Å²) in [5.41, 5.74) is 2.37. The molecule has 2 heteroatoms. The smallest absolute Gasteiger partial charge is 0.226 e. The average Bonchev–Trinajstić information content (AvgIpc) is 2.33. The summed E-state index contributed by atoms with van der Waals surface area (Å²) >= 11 is 0. The molecule has 1 fully saturated rings. The fourth-order valence-corrected chi connectivity index (χ4v) is 2.14. The van der Waals surface area contributed by atoms with Crippen molar-refractivity contribution < 1.29 is 4.79 Å². The van der Waals surface area contributed by atoms with Gasteiger partial charge in [0.2, 0.25) is 5.91 Å². The van der Waals surface area contributed by atoms with Crippen molar-refractivity contribution in [1.29, 1.82) is 0 Å². The average molecular weight is 217 g/mol. The first-order valence-corrected chi connectivity index (χ1v) is 6.09. The van der Waals surface area contributed by atoms with Gasteiger partial charge in [-0.05, 0) is 31.7 Å². The van der Waals surface area contributed by atoms with E-state index in [-0.39, 0.29) is 5.91 Å². The summed E-state index contributed by atoms with van der Waals surface area (Å²) in [7, 11) is 0. The molecule has 0 aliphatic carbocycles. The zero-order valence-corrected chi connectivity index (χ0v) is 9.91. The van der Waals surface area contributed by atoms with Crippen molar-refractivity contribution in [3.63, 3.8) is 0 Å². The minimum absolute atomic E-state index is 0.281. The summed E-state index contributed by atoms with van der Waals surface area (Å²) in [6, 6.07) is 8.24. The minimum Gasteiger partial charge on any atom is -0.342 e. The summed E-state index contributed by atoms with van der Waals surface area (Å²) in [5, 5.41) is 0. The first kappa shape index (κ1) is 11.2. The lowest BCUT2D eigenvalue weighted by molar-refractivity contribution is -0.131. The summed E-state index contributed by atoms with van der Waals surface area (Å²) in [6.45, 7) is 3.96. The number of rotatable bonds is 2. The Balaban J connectivity index is 1.93. The molecule has 16 heavy (non-hydrogen) atoms. The molecule has 1 aliphatic rings. The Morgan fingerprint density at radius 3 is 2.38 bits per heavy atom. The van der Waals surface area contributed by atoms with Gasteiger partial charge >= 0.3 is 0 Å². The number of nitrogens with zero attached hydrogens (tertiary/aromatic N) is 1. The molecule has 0 atom stereocenters. The van der Waals surface area contributed by atoms with Crippen molar-refractivity contribution in [2.24, 2.45) is 0 Å². The number of carbonyl (C=O) groups excluding carboxylic acids is 1. The van der Waals surface area contributed by atoms with Crippen LogP contribution in [0.2, 0.25) is 0 Å². The maximum Gasteiger partial charge on any atom is 0.226 e. The van der Waals surface area contributed by atoms with Gasteiger partial charge in [-0.1, -0.05) is 29.8 Å². The highest BCUT2D eigenvalue weighted by Crippen LogP contribution is 2.11. The second-order valence-corrected chi connectivity index (χ2v) is 4.60. The number of carbonyl (C=O) groups is 1. The number of hydrogen-bond donors (Lipinski definition) is 0. The zero-order chi connectivity index (χ0) is 11.4. The van der Waals surface area contributed by atoms with Gasteiger partial charge in [-0.2, -0.15) is 0 Å². The summed E-state index contributed by atoms with van der Waals surface area (Å²) in [4.78, 5) is 14.0. The van der Waals surface area contributed by atoms with E-state index >= 15 is 0 Å². The molecule has 1 aliphatic heterocycles. The second kappa shape index (κ2) is 5.15. The van der Waals surface area contributed by atoms with Crippen LogP contribution in [-0.4, -0.2) is 23.9 Å². The van der Waals surface area contributed by atoms with Gasteiger partial charge in [0.15, 0.2) is 0 Å². The topological polar surface area (TPSA) is 20.3 Å². The van der Waals surface area contributed by atoms with Crippen molar-refractivity contribution in [3.8, 4) is 0 Å². The molecule has 0 N–H and O–H groups in total. The number of aryl methyl sites for hydroxylation is 1. The van der Waals surface area contributed by atoms with Gasteiger partial charge in [0.1, 0.15) is 0 Å². The van der Waals surface area contributed by atoms with E-state index in [4.69, 9.17) is 0 Å². The van der Waals surface area contributed by atoms with Gasteiger partial charge in [0.05, 0.1) is 6.42 Å². The fraction of sp³-hybridized carbons (Fsp3) is 0.500. The molecule has 1 saturated heterocycles. The normalized spacial score (nSPS) is 16.2. The molecule has 0 bridgehead atoms. The molecule has 1 aromatic rings. The van der Waals surface area contributed by atoms with Crippen molar-refractivity contribution >= 4 is 5.91 Å². The van der Waals surface area contributed by atoms with Crippen LogP contribution in [0.5, 0.6) is 0 Å². The number of benzene rings is 1. The third-order valence-electron chi connectivity index (χ3n) is 3.18. The van der Waals surface area contributed by atoms with E-state index in [2.05, 4.69) is 31.2 Å². The Labute approximate surface area is 97.3 Å². The predicted octanol–water partition coefficient (Wildman–Crippen LogP) is 2.55. The highest BCUT2D eigenvalue weighted by atomic mass is 16.2. The molecular weight excluding hydrogens is 198 g/mol. The van der Waals surface area contributed by atoms with Gasteiger partial charge in [0.25, 0.3) is 0 Å². The Morgan fingerprint density at radius 2 is 1.75 bits per heavy atom. The van der Waals surface area contributed by atoms with Crippen molar-refractivity contribution in [3.05, 3.63) is 35.4 Å². The predicted molar refractivity (Wildman–Crippen MR) is 65.3 cm³/mol. The second-order valence-electron chi connectivity index (χ2n) is 4.60. The van der Waals surface area contributed by atoms with E-state index < -0.39 is 0 Å². The number of amides is 1. The standard InChI is InChI=1S/C14H19NO/c1-12-5-7-13(8-6-12)11-14(16)15-9-3-2-4-10-15/h5-8H,2-4,9-11H2,1H3. The van der Waals surface area contributed by atoms with E-state index in [9.17, 15) is 4.79 Å². The van der Waals surface area contributed by atoms with E-state index in [1.165, 1.54) is 24.8 Å². The molecule has 1 heterocycles. The van der Waals surface area contributed by atoms with Crippen LogP contribution >= 0.6 is 0 Å². The lowest BCUT2D eigenvalue weighted by Gasteiger charge is -2.26. The largest absolute Gasteiger partial charge is 0.342 e. The summed E-state index contributed by atoms with van der Waals surface area (Å²) < 4.78 is 0. The van der Waals surface area contributed by atoms with Gasteiger partial charge in [-0.15, -0.1) is 0 Å². The molecular formula is C14H19NO. The third kappa shape index (κ3) is 2.84. The quantitative estimate of drug-likeness (QED) is 0.745. The molecule has 0 saturated carbocycles. The van der Waals surface area contributed by atoms with Crippen LogP contribution in [0.1, 0.15) is 30.4 Å². The van der Waals surface area contributed by atoms with Crippen molar-refractivity contribution in [1.82, 2.24) is 4.90 Å². The number of hydrogen-bond acceptors (Lipinski definition) is 1. The molecule has 2 nitrogen and oxygen atoms in total. The van der Waals surface area contributed by atoms with E-state index in [0.29, 0.717) is 6.42 Å². The molecule has 0 radical (unpaired) electrons. The maximum atomic E-state index is 12.0. The van der Waals surface area contributed by atoms with Crippen LogP contribution in [-0.2, 0) is 11.2 Å². The van der Waals surface area contributed by atoms with E-state index in [1.807, 2.05) is 4.90 Å². The highest BCUT2D eigenvalue weighted by molar-refractivity contribution is 5.78. The zero-order valence-electron chi connectivity index (χ0n) is 9.91. The Bertz CT molecular complexity index is 350. The van der Waals surface area contributed by atoms with Crippen LogP contribution in [0.15, 0.2) is 24.3 Å². The summed E-state index contributed by atoms with van der Waals surface area (Å²) in [5.74, 6) is 0.281. The number of piperidine rings is 1. The number of likely N-dealkylation sites (tertiary alicyclic amines) is 1. The van der Waals surface area contributed by atoms with Gasteiger partial charge in [0, 0.05) is 13.1 Å². The molecule has 1 amide bonds. The van der Waals surface area contributed by atoms with Crippen LogP contribution in [0.4, 0.5) is 0 Å². The van der Waals surface area contributed by atoms with Gasteiger partial charge in [-0.3, -0.25) is 4.79 Å². The van der Waals surface area contributed by atoms with Crippen LogP contribution in [0, 0.1) is 6.92 Å². The summed E-state index contributed by atoms with van der Waals surface area (Å²) in [6.07, 6.45) is 4.16. The molecule has 0 spiro atoms. The first-order chi connectivity index (χ1) is 7.75. The molecule has 1 aromatic carbocycles. The van der Waals surface area contributed by atoms with Gasteiger partial charge < -0.3 is 4.90 Å². The molecule has 0 aromatic heterocycles. The monoisotopic (exact) mass is 217 g/mol. The molecule has 0 unspecified atom stereocenters.